The van der Waals surface area contributed by atoms with Crippen LogP contribution in [-0.4, -0.2) is 27.2 Å². The Labute approximate surface area is 103 Å². The van der Waals surface area contributed by atoms with Crippen molar-refractivity contribution in [3.05, 3.63) is 30.7 Å². The van der Waals surface area contributed by atoms with Gasteiger partial charge in [0.15, 0.2) is 0 Å². The van der Waals surface area contributed by atoms with Crippen molar-refractivity contribution in [3.63, 3.8) is 0 Å². The summed E-state index contributed by atoms with van der Waals surface area (Å²) in [6.07, 6.45) is 6.26. The molecule has 92 valence electrons. The smallest absolute Gasteiger partial charge is 0.247 e. The minimum Gasteiger partial charge on any atom is -0.344 e. The predicted molar refractivity (Wildman–Crippen MR) is 65.0 cm³/mol. The summed E-state index contributed by atoms with van der Waals surface area (Å²) in [5.74, 6) is -0.250. The van der Waals surface area contributed by atoms with Gasteiger partial charge in [-0.2, -0.15) is 0 Å². The molecule has 0 aliphatic carbocycles. The van der Waals surface area contributed by atoms with Crippen LogP contribution in [0.5, 0.6) is 0 Å². The molecule has 6 nitrogen and oxygen atoms in total. The summed E-state index contributed by atoms with van der Waals surface area (Å²) in [7, 11) is 0. The van der Waals surface area contributed by atoms with Crippen LogP contribution in [0.3, 0.4) is 0 Å². The van der Waals surface area contributed by atoms with Gasteiger partial charge in [-0.15, -0.1) is 0 Å². The summed E-state index contributed by atoms with van der Waals surface area (Å²) in [4.78, 5) is 27.1. The lowest BCUT2D eigenvalue weighted by Crippen LogP contribution is -2.37. The van der Waals surface area contributed by atoms with Crippen molar-refractivity contribution in [1.82, 2.24) is 14.7 Å². The number of rotatable bonds is 2. The van der Waals surface area contributed by atoms with E-state index in [0.29, 0.717) is 18.5 Å². The maximum atomic E-state index is 11.9. The number of nitrogens with one attached hydrogen (secondary N) is 2. The number of pyridine rings is 1. The second kappa shape index (κ2) is 4.14. The Balaban J connectivity index is 1.75. The molecule has 1 aliphatic rings. The molecule has 6 heteroatoms. The van der Waals surface area contributed by atoms with E-state index >= 15 is 0 Å². The van der Waals surface area contributed by atoms with Crippen LogP contribution >= 0.6 is 0 Å². The molecular weight excluding hydrogens is 232 g/mol. The number of carbonyl (C=O) groups excluding carboxylic acids is 2. The van der Waals surface area contributed by atoms with E-state index in [1.54, 1.807) is 18.5 Å². The first-order chi connectivity index (χ1) is 8.72. The van der Waals surface area contributed by atoms with Crippen molar-refractivity contribution in [2.24, 2.45) is 0 Å². The average molecular weight is 244 g/mol. The Hall–Kier alpha value is -2.37. The van der Waals surface area contributed by atoms with Crippen LogP contribution in [0.15, 0.2) is 30.7 Å². The van der Waals surface area contributed by atoms with Gasteiger partial charge >= 0.3 is 0 Å². The lowest BCUT2D eigenvalue weighted by atomic mass is 10.2. The van der Waals surface area contributed by atoms with E-state index in [-0.39, 0.29) is 11.8 Å². The van der Waals surface area contributed by atoms with Gasteiger partial charge in [0, 0.05) is 25.0 Å². The fraction of sp³-hybridized carbons (Fsp3) is 0.250. The van der Waals surface area contributed by atoms with Gasteiger partial charge < -0.3 is 15.0 Å². The Morgan fingerprint density at radius 1 is 1.50 bits per heavy atom. The van der Waals surface area contributed by atoms with E-state index in [1.807, 2.05) is 16.7 Å². The SMILES string of the molecule is O=C1CCC(C(=O)Nc2ccc3nccn3c2)N1. The summed E-state index contributed by atoms with van der Waals surface area (Å²) in [6.45, 7) is 0. The summed E-state index contributed by atoms with van der Waals surface area (Å²) < 4.78 is 1.82. The minimum absolute atomic E-state index is 0.0692. The molecule has 3 rings (SSSR count). The molecule has 2 aromatic heterocycles. The Morgan fingerprint density at radius 3 is 3.17 bits per heavy atom. The summed E-state index contributed by atoms with van der Waals surface area (Å²) >= 11 is 0. The molecule has 0 saturated carbocycles. The number of imidazole rings is 1. The van der Waals surface area contributed by atoms with Crippen molar-refractivity contribution in [3.8, 4) is 0 Å². The zero-order valence-electron chi connectivity index (χ0n) is 9.59. The first kappa shape index (κ1) is 10.8. The highest BCUT2D eigenvalue weighted by Gasteiger charge is 2.27. The van der Waals surface area contributed by atoms with Gasteiger partial charge in [0.1, 0.15) is 11.7 Å². The molecule has 0 radical (unpaired) electrons. The molecule has 18 heavy (non-hydrogen) atoms. The Kier molecular flexibility index (Phi) is 2.47. The maximum absolute atomic E-state index is 11.9. The van der Waals surface area contributed by atoms with Crippen LogP contribution < -0.4 is 10.6 Å². The summed E-state index contributed by atoms with van der Waals surface area (Å²) in [5, 5.41) is 5.42. The lowest BCUT2D eigenvalue weighted by molar-refractivity contribution is -0.122. The number of fused-ring (bicyclic) bond motifs is 1. The molecular formula is C12H12N4O2. The molecule has 1 atom stereocenters. The van der Waals surface area contributed by atoms with Gasteiger partial charge in [-0.1, -0.05) is 0 Å². The van der Waals surface area contributed by atoms with Gasteiger partial charge in [0.05, 0.1) is 5.69 Å². The van der Waals surface area contributed by atoms with E-state index < -0.39 is 6.04 Å². The highest BCUT2D eigenvalue weighted by atomic mass is 16.2. The van der Waals surface area contributed by atoms with Gasteiger partial charge in [0.2, 0.25) is 11.8 Å². The Morgan fingerprint density at radius 2 is 2.39 bits per heavy atom. The van der Waals surface area contributed by atoms with E-state index in [1.165, 1.54) is 0 Å². The highest BCUT2D eigenvalue weighted by Crippen LogP contribution is 2.12. The molecule has 0 spiro atoms. The normalized spacial score (nSPS) is 18.9. The molecule has 1 unspecified atom stereocenters. The van der Waals surface area contributed by atoms with Crippen LogP contribution in [0.25, 0.3) is 5.65 Å². The maximum Gasteiger partial charge on any atom is 0.247 e. The predicted octanol–water partition coefficient (Wildman–Crippen LogP) is 0.551. The molecule has 1 fully saturated rings. The molecule has 2 aromatic rings. The third-order valence-electron chi connectivity index (χ3n) is 2.97. The zero-order chi connectivity index (χ0) is 12.5. The van der Waals surface area contributed by atoms with E-state index in [9.17, 15) is 9.59 Å². The van der Waals surface area contributed by atoms with Gasteiger partial charge in [-0.05, 0) is 18.6 Å². The monoisotopic (exact) mass is 244 g/mol. The first-order valence-electron chi connectivity index (χ1n) is 5.75. The van der Waals surface area contributed by atoms with Crippen LogP contribution in [0, 0.1) is 0 Å². The van der Waals surface area contributed by atoms with E-state index in [2.05, 4.69) is 15.6 Å². The summed E-state index contributed by atoms with van der Waals surface area (Å²) in [6, 6.07) is 3.19. The van der Waals surface area contributed by atoms with E-state index in [4.69, 9.17) is 0 Å². The summed E-state index contributed by atoms with van der Waals surface area (Å²) in [5.41, 5.74) is 1.51. The van der Waals surface area contributed by atoms with Crippen molar-refractivity contribution in [2.75, 3.05) is 5.32 Å². The second-order valence-electron chi connectivity index (χ2n) is 4.26. The Bertz CT molecular complexity index is 619. The minimum atomic E-state index is -0.420. The van der Waals surface area contributed by atoms with Gasteiger partial charge in [-0.3, -0.25) is 9.59 Å². The number of anilines is 1. The number of amides is 2. The van der Waals surface area contributed by atoms with Crippen molar-refractivity contribution in [1.29, 1.82) is 0 Å². The van der Waals surface area contributed by atoms with Crippen molar-refractivity contribution in [2.45, 2.75) is 18.9 Å². The fourth-order valence-electron chi connectivity index (χ4n) is 2.03. The van der Waals surface area contributed by atoms with Crippen molar-refractivity contribution < 1.29 is 9.59 Å². The second-order valence-corrected chi connectivity index (χ2v) is 4.26. The molecule has 0 bridgehead atoms. The third-order valence-corrected chi connectivity index (χ3v) is 2.97. The van der Waals surface area contributed by atoms with E-state index in [0.717, 1.165) is 5.65 Å². The van der Waals surface area contributed by atoms with Crippen LogP contribution in [-0.2, 0) is 9.59 Å². The number of carbonyl (C=O) groups is 2. The van der Waals surface area contributed by atoms with Crippen LogP contribution in [0.2, 0.25) is 0 Å². The topological polar surface area (TPSA) is 75.5 Å². The first-order valence-corrected chi connectivity index (χ1v) is 5.75. The molecule has 0 aromatic carbocycles. The number of nitrogens with zero attached hydrogens (tertiary/aromatic N) is 2. The molecule has 3 heterocycles. The van der Waals surface area contributed by atoms with Gasteiger partial charge in [-0.25, -0.2) is 4.98 Å². The lowest BCUT2D eigenvalue weighted by Gasteiger charge is -2.10. The molecule has 1 saturated heterocycles. The molecule has 1 aliphatic heterocycles. The number of aromatic nitrogens is 2. The van der Waals surface area contributed by atoms with Crippen LogP contribution in [0.4, 0.5) is 5.69 Å². The van der Waals surface area contributed by atoms with Crippen LogP contribution in [0.1, 0.15) is 12.8 Å². The number of hydrogen-bond donors (Lipinski definition) is 2. The number of hydrogen-bond acceptors (Lipinski definition) is 3. The standard InChI is InChI=1S/C12H12N4O2/c17-11-4-2-9(15-11)12(18)14-8-1-3-10-13-5-6-16(10)7-8/h1,3,5-7,9H,2,4H2,(H,14,18)(H,15,17). The third kappa shape index (κ3) is 1.92. The molecule has 2 amide bonds. The van der Waals surface area contributed by atoms with Gasteiger partial charge in [0.25, 0.3) is 0 Å². The molecule has 2 N–H and O–H groups in total. The average Bonchev–Trinajstić information content (AvgIpc) is 2.96. The fourth-order valence-corrected chi connectivity index (χ4v) is 2.03. The van der Waals surface area contributed by atoms with Crippen molar-refractivity contribution >= 4 is 23.1 Å². The zero-order valence-corrected chi connectivity index (χ0v) is 9.59. The highest BCUT2D eigenvalue weighted by molar-refractivity contribution is 5.98. The quantitative estimate of drug-likeness (QED) is 0.810. The largest absolute Gasteiger partial charge is 0.344 e.